The van der Waals surface area contributed by atoms with Gasteiger partial charge in [-0.15, -0.1) is 11.8 Å². The maximum absolute atomic E-state index is 11.1. The molecule has 3 rings (SSSR count). The molecule has 26 heavy (non-hydrogen) atoms. The average Bonchev–Trinajstić information content (AvgIpc) is 3.11. The number of carboxylic acids is 1. The van der Waals surface area contributed by atoms with Crippen LogP contribution in [0.15, 0.2) is 36.4 Å². The fourth-order valence-electron chi connectivity index (χ4n) is 2.81. The van der Waals surface area contributed by atoms with Gasteiger partial charge in [-0.25, -0.2) is 0 Å². The van der Waals surface area contributed by atoms with Gasteiger partial charge in [-0.05, 0) is 48.4 Å². The SMILES string of the molecule is COc1ccc([C@H]2N[C@H](C(=O)O)CS2)cc1COc1ccc(Cl)cc1C. The Morgan fingerprint density at radius 2 is 2.08 bits per heavy atom. The Balaban J connectivity index is 1.76. The zero-order valence-electron chi connectivity index (χ0n) is 14.5. The zero-order valence-corrected chi connectivity index (χ0v) is 16.1. The minimum Gasteiger partial charge on any atom is -0.496 e. The van der Waals surface area contributed by atoms with E-state index < -0.39 is 12.0 Å². The highest BCUT2D eigenvalue weighted by Gasteiger charge is 2.30. The first-order chi connectivity index (χ1) is 12.5. The van der Waals surface area contributed by atoms with Crippen molar-refractivity contribution < 1.29 is 19.4 Å². The first-order valence-corrected chi connectivity index (χ1v) is 9.57. The van der Waals surface area contributed by atoms with Crippen molar-refractivity contribution in [2.75, 3.05) is 12.9 Å². The first kappa shape index (κ1) is 18.9. The van der Waals surface area contributed by atoms with Crippen LogP contribution < -0.4 is 14.8 Å². The highest BCUT2D eigenvalue weighted by Crippen LogP contribution is 2.35. The molecule has 1 heterocycles. The van der Waals surface area contributed by atoms with Crippen molar-refractivity contribution in [2.45, 2.75) is 24.9 Å². The molecule has 0 amide bonds. The molecule has 1 aliphatic heterocycles. The monoisotopic (exact) mass is 393 g/mol. The number of halogens is 1. The summed E-state index contributed by atoms with van der Waals surface area (Å²) in [5, 5.41) is 12.9. The van der Waals surface area contributed by atoms with Gasteiger partial charge in [0.25, 0.3) is 0 Å². The summed E-state index contributed by atoms with van der Waals surface area (Å²) in [6.07, 6.45) is 0. The Bertz CT molecular complexity index is 814. The lowest BCUT2D eigenvalue weighted by atomic mass is 10.1. The van der Waals surface area contributed by atoms with Crippen LogP contribution in [0.25, 0.3) is 0 Å². The van der Waals surface area contributed by atoms with Crippen LogP contribution in [0.4, 0.5) is 0 Å². The van der Waals surface area contributed by atoms with Crippen LogP contribution in [0.5, 0.6) is 11.5 Å². The molecule has 7 heteroatoms. The maximum atomic E-state index is 11.1. The van der Waals surface area contributed by atoms with Gasteiger partial charge in [0.05, 0.1) is 12.5 Å². The minimum absolute atomic E-state index is 0.0574. The highest BCUT2D eigenvalue weighted by atomic mass is 35.5. The maximum Gasteiger partial charge on any atom is 0.321 e. The van der Waals surface area contributed by atoms with E-state index in [1.807, 2.05) is 37.3 Å². The normalized spacial score (nSPS) is 19.3. The highest BCUT2D eigenvalue weighted by molar-refractivity contribution is 7.99. The Kier molecular flexibility index (Phi) is 5.96. The average molecular weight is 394 g/mol. The number of aryl methyl sites for hydroxylation is 1. The second-order valence-electron chi connectivity index (χ2n) is 6.04. The summed E-state index contributed by atoms with van der Waals surface area (Å²) in [4.78, 5) is 11.1. The van der Waals surface area contributed by atoms with E-state index >= 15 is 0 Å². The number of benzene rings is 2. The molecule has 0 saturated carbocycles. The van der Waals surface area contributed by atoms with Gasteiger partial charge < -0.3 is 14.6 Å². The molecule has 0 aliphatic carbocycles. The molecule has 1 aliphatic rings. The molecule has 2 aromatic rings. The van der Waals surface area contributed by atoms with Crippen molar-refractivity contribution in [2.24, 2.45) is 0 Å². The van der Waals surface area contributed by atoms with Crippen LogP contribution in [-0.2, 0) is 11.4 Å². The van der Waals surface area contributed by atoms with E-state index in [1.165, 1.54) is 0 Å². The summed E-state index contributed by atoms with van der Waals surface area (Å²) in [5.74, 6) is 1.22. The van der Waals surface area contributed by atoms with Gasteiger partial charge >= 0.3 is 5.97 Å². The van der Waals surface area contributed by atoms with Crippen LogP contribution in [0.3, 0.4) is 0 Å². The molecule has 2 N–H and O–H groups in total. The van der Waals surface area contributed by atoms with Gasteiger partial charge in [0.2, 0.25) is 0 Å². The summed E-state index contributed by atoms with van der Waals surface area (Å²) >= 11 is 7.57. The fourth-order valence-corrected chi connectivity index (χ4v) is 4.26. The van der Waals surface area contributed by atoms with Crippen LogP contribution >= 0.6 is 23.4 Å². The fraction of sp³-hybridized carbons (Fsp3) is 0.316. The number of aliphatic carboxylic acids is 1. The van der Waals surface area contributed by atoms with Crippen LogP contribution in [0, 0.1) is 6.92 Å². The Labute approximate surface area is 161 Å². The van der Waals surface area contributed by atoms with Gasteiger partial charge in [-0.3, -0.25) is 10.1 Å². The molecule has 1 saturated heterocycles. The number of nitrogens with one attached hydrogen (secondary N) is 1. The van der Waals surface area contributed by atoms with Crippen molar-refractivity contribution in [3.05, 3.63) is 58.1 Å². The van der Waals surface area contributed by atoms with E-state index in [0.717, 1.165) is 28.2 Å². The van der Waals surface area contributed by atoms with Gasteiger partial charge in [0.15, 0.2) is 0 Å². The van der Waals surface area contributed by atoms with E-state index in [-0.39, 0.29) is 5.37 Å². The van der Waals surface area contributed by atoms with Gasteiger partial charge in [0.1, 0.15) is 24.1 Å². The summed E-state index contributed by atoms with van der Waals surface area (Å²) in [5.41, 5.74) is 2.87. The lowest BCUT2D eigenvalue weighted by Gasteiger charge is -2.16. The number of hydrogen-bond acceptors (Lipinski definition) is 5. The van der Waals surface area contributed by atoms with Gasteiger partial charge in [0, 0.05) is 16.3 Å². The second kappa shape index (κ2) is 8.20. The van der Waals surface area contributed by atoms with Crippen LogP contribution in [0.2, 0.25) is 5.02 Å². The smallest absolute Gasteiger partial charge is 0.321 e. The zero-order chi connectivity index (χ0) is 18.7. The van der Waals surface area contributed by atoms with E-state index in [4.69, 9.17) is 26.2 Å². The van der Waals surface area contributed by atoms with Gasteiger partial charge in [-0.2, -0.15) is 0 Å². The van der Waals surface area contributed by atoms with Crippen molar-refractivity contribution in [3.63, 3.8) is 0 Å². The minimum atomic E-state index is -0.824. The second-order valence-corrected chi connectivity index (χ2v) is 7.62. The predicted octanol–water partition coefficient (Wildman–Crippen LogP) is 4.02. The van der Waals surface area contributed by atoms with Crippen molar-refractivity contribution in [1.29, 1.82) is 0 Å². The predicted molar refractivity (Wildman–Crippen MR) is 103 cm³/mol. The number of hydrogen-bond donors (Lipinski definition) is 2. The third-order valence-corrected chi connectivity index (χ3v) is 5.71. The lowest BCUT2D eigenvalue weighted by molar-refractivity contribution is -0.138. The standard InChI is InChI=1S/C19H20ClNO4S/c1-11-7-14(20)4-6-16(11)25-9-13-8-12(3-5-17(13)24-2)18-21-15(10-26-18)19(22)23/h3-8,15,18,21H,9-10H2,1-2H3,(H,22,23)/t15-,18-/m0/s1. The number of rotatable bonds is 6. The molecule has 0 radical (unpaired) electrons. The number of methoxy groups -OCH3 is 1. The molecule has 5 nitrogen and oxygen atoms in total. The molecule has 0 aromatic heterocycles. The molecule has 2 aromatic carbocycles. The molecule has 0 bridgehead atoms. The number of thioether (sulfide) groups is 1. The number of ether oxygens (including phenoxy) is 2. The lowest BCUT2D eigenvalue weighted by Crippen LogP contribution is -2.33. The molecular formula is C19H20ClNO4S. The summed E-state index contributed by atoms with van der Waals surface area (Å²) in [6, 6.07) is 10.8. The van der Waals surface area contributed by atoms with E-state index in [2.05, 4.69) is 5.32 Å². The molecule has 138 valence electrons. The number of carboxylic acid groups (broad SMARTS) is 1. The van der Waals surface area contributed by atoms with Crippen molar-refractivity contribution >= 4 is 29.3 Å². The molecular weight excluding hydrogens is 374 g/mol. The van der Waals surface area contributed by atoms with E-state index in [9.17, 15) is 4.79 Å². The Hall–Kier alpha value is -1.89. The molecule has 0 spiro atoms. The van der Waals surface area contributed by atoms with Gasteiger partial charge in [-0.1, -0.05) is 17.7 Å². The quantitative estimate of drug-likeness (QED) is 0.772. The van der Waals surface area contributed by atoms with E-state index in [0.29, 0.717) is 17.4 Å². The van der Waals surface area contributed by atoms with Crippen molar-refractivity contribution in [3.8, 4) is 11.5 Å². The first-order valence-electron chi connectivity index (χ1n) is 8.14. The third kappa shape index (κ3) is 4.26. The Morgan fingerprint density at radius 3 is 2.73 bits per heavy atom. The Morgan fingerprint density at radius 1 is 1.31 bits per heavy atom. The molecule has 0 unspecified atom stereocenters. The molecule has 2 atom stereocenters. The van der Waals surface area contributed by atoms with E-state index in [1.54, 1.807) is 24.9 Å². The summed E-state index contributed by atoms with van der Waals surface area (Å²) in [6.45, 7) is 2.29. The molecule has 1 fully saturated rings. The summed E-state index contributed by atoms with van der Waals surface area (Å²) in [7, 11) is 1.62. The van der Waals surface area contributed by atoms with Crippen LogP contribution in [0.1, 0.15) is 22.1 Å². The summed E-state index contributed by atoms with van der Waals surface area (Å²) < 4.78 is 11.4. The third-order valence-electron chi connectivity index (χ3n) is 4.21. The number of carbonyl (C=O) groups is 1. The van der Waals surface area contributed by atoms with Crippen LogP contribution in [-0.4, -0.2) is 30.0 Å². The topological polar surface area (TPSA) is 67.8 Å². The van der Waals surface area contributed by atoms with Crippen molar-refractivity contribution in [1.82, 2.24) is 5.32 Å². The largest absolute Gasteiger partial charge is 0.496 e.